The fourth-order valence-electron chi connectivity index (χ4n) is 4.11. The smallest absolute Gasteiger partial charge is 0.408 e. The molecule has 10 heteroatoms. The van der Waals surface area contributed by atoms with E-state index < -0.39 is 35.5 Å². The molecule has 4 amide bonds. The molecule has 0 saturated carbocycles. The molecule has 2 aromatic carbocycles. The second kappa shape index (κ2) is 17.1. The van der Waals surface area contributed by atoms with E-state index in [2.05, 4.69) is 21.3 Å². The summed E-state index contributed by atoms with van der Waals surface area (Å²) >= 11 is 0. The van der Waals surface area contributed by atoms with Gasteiger partial charge in [0.05, 0.1) is 0 Å². The molecule has 236 valence electrons. The molecule has 0 saturated heterocycles. The highest BCUT2D eigenvalue weighted by atomic mass is 16.6. The van der Waals surface area contributed by atoms with E-state index in [0.717, 1.165) is 17.5 Å². The van der Waals surface area contributed by atoms with Gasteiger partial charge in [0.25, 0.3) is 0 Å². The highest BCUT2D eigenvalue weighted by molar-refractivity contribution is 5.86. The first-order valence-electron chi connectivity index (χ1n) is 14.8. The Morgan fingerprint density at radius 1 is 0.581 bits per heavy atom. The highest BCUT2D eigenvalue weighted by Crippen LogP contribution is 2.10. The molecule has 43 heavy (non-hydrogen) atoms. The number of nitrogens with one attached hydrogen (secondary N) is 4. The van der Waals surface area contributed by atoms with Gasteiger partial charge < -0.3 is 30.7 Å². The van der Waals surface area contributed by atoms with Crippen LogP contribution in [0, 0.1) is 0 Å². The van der Waals surface area contributed by atoms with Crippen LogP contribution in [0.4, 0.5) is 9.59 Å². The van der Waals surface area contributed by atoms with Crippen LogP contribution in [-0.4, -0.2) is 60.4 Å². The van der Waals surface area contributed by atoms with E-state index in [-0.39, 0.29) is 11.8 Å². The first-order valence-corrected chi connectivity index (χ1v) is 14.8. The molecule has 4 N–H and O–H groups in total. The van der Waals surface area contributed by atoms with Gasteiger partial charge in [-0.15, -0.1) is 0 Å². The van der Waals surface area contributed by atoms with Crippen LogP contribution in [0.5, 0.6) is 0 Å². The minimum Gasteiger partial charge on any atom is -0.444 e. The van der Waals surface area contributed by atoms with E-state index in [1.807, 2.05) is 60.7 Å². The van der Waals surface area contributed by atoms with Gasteiger partial charge in [-0.3, -0.25) is 9.59 Å². The number of unbranched alkanes of at least 4 members (excludes halogenated alkanes) is 2. The van der Waals surface area contributed by atoms with E-state index in [4.69, 9.17) is 9.47 Å². The first kappa shape index (κ1) is 35.1. The average molecular weight is 597 g/mol. The van der Waals surface area contributed by atoms with Crippen molar-refractivity contribution >= 4 is 24.0 Å². The Bertz CT molecular complexity index is 1070. The van der Waals surface area contributed by atoms with Gasteiger partial charge in [0, 0.05) is 25.9 Å². The van der Waals surface area contributed by atoms with Gasteiger partial charge >= 0.3 is 12.2 Å². The number of carbonyl (C=O) groups is 4. The largest absolute Gasteiger partial charge is 0.444 e. The summed E-state index contributed by atoms with van der Waals surface area (Å²) in [6.07, 6.45) is 1.51. The van der Waals surface area contributed by atoms with Crippen LogP contribution in [-0.2, 0) is 31.9 Å². The van der Waals surface area contributed by atoms with Crippen molar-refractivity contribution in [3.8, 4) is 0 Å². The second-order valence-electron chi connectivity index (χ2n) is 12.4. The maximum Gasteiger partial charge on any atom is 0.408 e. The second-order valence-corrected chi connectivity index (χ2v) is 12.4. The Labute approximate surface area is 255 Å². The average Bonchev–Trinajstić information content (AvgIpc) is 2.90. The number of hydrogen-bond acceptors (Lipinski definition) is 6. The summed E-state index contributed by atoms with van der Waals surface area (Å²) in [5, 5.41) is 11.2. The van der Waals surface area contributed by atoms with Crippen molar-refractivity contribution in [2.24, 2.45) is 0 Å². The van der Waals surface area contributed by atoms with Crippen LogP contribution in [0.3, 0.4) is 0 Å². The predicted molar refractivity (Wildman–Crippen MR) is 166 cm³/mol. The van der Waals surface area contributed by atoms with Crippen LogP contribution in [0.25, 0.3) is 0 Å². The lowest BCUT2D eigenvalue weighted by Gasteiger charge is -2.23. The fourth-order valence-corrected chi connectivity index (χ4v) is 4.11. The Morgan fingerprint density at radius 3 is 1.26 bits per heavy atom. The zero-order valence-corrected chi connectivity index (χ0v) is 26.3. The fraction of sp³-hybridized carbons (Fsp3) is 0.515. The summed E-state index contributed by atoms with van der Waals surface area (Å²) in [5.74, 6) is -0.583. The molecule has 0 radical (unpaired) electrons. The maximum absolute atomic E-state index is 12.9. The third-order valence-corrected chi connectivity index (χ3v) is 6.03. The van der Waals surface area contributed by atoms with Crippen LogP contribution in [0.1, 0.15) is 71.9 Å². The standard InChI is InChI=1S/C33H48N4O6/c1-32(2,3)42-30(40)36-26(22-24-16-10-7-11-17-24)28(38)34-20-14-9-15-21-35-29(39)27(23-25-18-12-8-13-19-25)37-31(41)43-33(4,5)6/h7-8,10-13,16-19,26-27H,9,14-15,20-23H2,1-6H3,(H,34,38)(H,35,39)(H,36,40)(H,37,41)/t26-,27-/m0/s1. The van der Waals surface area contributed by atoms with Gasteiger partial charge in [-0.1, -0.05) is 60.7 Å². The first-order chi connectivity index (χ1) is 20.2. The molecule has 10 nitrogen and oxygen atoms in total. The number of benzene rings is 2. The summed E-state index contributed by atoms with van der Waals surface area (Å²) < 4.78 is 10.7. The van der Waals surface area contributed by atoms with Gasteiger partial charge in [0.2, 0.25) is 11.8 Å². The number of alkyl carbamates (subject to hydrolysis) is 2. The third-order valence-electron chi connectivity index (χ3n) is 6.03. The van der Waals surface area contributed by atoms with Crippen molar-refractivity contribution in [3.05, 3.63) is 71.8 Å². The molecule has 2 atom stereocenters. The molecule has 0 aliphatic carbocycles. The summed E-state index contributed by atoms with van der Waals surface area (Å²) in [4.78, 5) is 50.6. The molecule has 0 aliphatic rings. The number of ether oxygens (including phenoxy) is 2. The van der Waals surface area contributed by atoms with Crippen molar-refractivity contribution in [2.45, 2.75) is 96.9 Å². The molecular weight excluding hydrogens is 548 g/mol. The molecule has 0 heterocycles. The van der Waals surface area contributed by atoms with Gasteiger partial charge in [0.15, 0.2) is 0 Å². The summed E-state index contributed by atoms with van der Waals surface area (Å²) in [6, 6.07) is 17.4. The third kappa shape index (κ3) is 15.6. The summed E-state index contributed by atoms with van der Waals surface area (Å²) in [5.41, 5.74) is 0.476. The normalized spacial score (nSPS) is 12.8. The minimum atomic E-state index is -0.782. The lowest BCUT2D eigenvalue weighted by atomic mass is 10.1. The number of hydrogen-bond donors (Lipinski definition) is 4. The molecule has 0 fully saturated rings. The van der Waals surface area contributed by atoms with E-state index in [0.29, 0.717) is 38.8 Å². The van der Waals surface area contributed by atoms with Gasteiger partial charge in [0.1, 0.15) is 23.3 Å². The van der Waals surface area contributed by atoms with Crippen molar-refractivity contribution in [1.82, 2.24) is 21.3 Å². The molecule has 0 aliphatic heterocycles. The number of rotatable bonds is 14. The molecule has 0 unspecified atom stereocenters. The van der Waals surface area contributed by atoms with Gasteiger partial charge in [-0.25, -0.2) is 9.59 Å². The van der Waals surface area contributed by atoms with Crippen LogP contribution in [0.15, 0.2) is 60.7 Å². The van der Waals surface area contributed by atoms with Crippen LogP contribution >= 0.6 is 0 Å². The molecular formula is C33H48N4O6. The zero-order chi connectivity index (χ0) is 31.9. The lowest BCUT2D eigenvalue weighted by molar-refractivity contribution is -0.123. The van der Waals surface area contributed by atoms with Crippen molar-refractivity contribution in [1.29, 1.82) is 0 Å². The van der Waals surface area contributed by atoms with Gasteiger partial charge in [-0.2, -0.15) is 0 Å². The molecule has 0 spiro atoms. The van der Waals surface area contributed by atoms with E-state index >= 15 is 0 Å². The highest BCUT2D eigenvalue weighted by Gasteiger charge is 2.26. The van der Waals surface area contributed by atoms with Crippen molar-refractivity contribution in [2.75, 3.05) is 13.1 Å². The van der Waals surface area contributed by atoms with Crippen molar-refractivity contribution < 1.29 is 28.7 Å². The maximum atomic E-state index is 12.9. The monoisotopic (exact) mass is 596 g/mol. The van der Waals surface area contributed by atoms with E-state index in [1.165, 1.54) is 0 Å². The van der Waals surface area contributed by atoms with E-state index in [9.17, 15) is 19.2 Å². The number of amides is 4. The minimum absolute atomic E-state index is 0.292. The number of carbonyl (C=O) groups excluding carboxylic acids is 4. The quantitative estimate of drug-likeness (QED) is 0.234. The Morgan fingerprint density at radius 2 is 0.930 bits per heavy atom. The van der Waals surface area contributed by atoms with Crippen molar-refractivity contribution in [3.63, 3.8) is 0 Å². The molecule has 0 aromatic heterocycles. The van der Waals surface area contributed by atoms with Gasteiger partial charge in [-0.05, 0) is 71.9 Å². The Hall–Kier alpha value is -4.08. The topological polar surface area (TPSA) is 135 Å². The van der Waals surface area contributed by atoms with E-state index in [1.54, 1.807) is 41.5 Å². The predicted octanol–water partition coefficient (Wildman–Crippen LogP) is 4.66. The van der Waals surface area contributed by atoms with Crippen LogP contribution < -0.4 is 21.3 Å². The molecule has 0 bridgehead atoms. The molecule has 2 aromatic rings. The lowest BCUT2D eigenvalue weighted by Crippen LogP contribution is -2.49. The Kier molecular flexibility index (Phi) is 14.0. The summed E-state index contributed by atoms with van der Waals surface area (Å²) in [6.45, 7) is 11.4. The SMILES string of the molecule is CC(C)(C)OC(=O)N[C@@H](Cc1ccccc1)C(=O)NCCCCCNC(=O)[C@H](Cc1ccccc1)NC(=O)OC(C)(C)C. The summed E-state index contributed by atoms with van der Waals surface area (Å²) in [7, 11) is 0. The van der Waals surface area contributed by atoms with Crippen LogP contribution in [0.2, 0.25) is 0 Å². The zero-order valence-electron chi connectivity index (χ0n) is 26.3. The Balaban J connectivity index is 1.80. The molecule has 2 rings (SSSR count).